The number of carbonyl (C=O) groups excluding carboxylic acids is 1. The molecule has 0 N–H and O–H groups in total. The molecule has 0 aromatic heterocycles. The van der Waals surface area contributed by atoms with Crippen LogP contribution in [0.1, 0.15) is 164 Å². The van der Waals surface area contributed by atoms with E-state index in [0.717, 1.165) is 54.8 Å². The van der Waals surface area contributed by atoms with Crippen molar-refractivity contribution in [2.75, 3.05) is 0 Å². The molecule has 0 heterocycles. The lowest BCUT2D eigenvalue weighted by Gasteiger charge is -2.58. The molecule has 1 heteroatoms. The van der Waals surface area contributed by atoms with Gasteiger partial charge in [0.05, 0.1) is 0 Å². The van der Waals surface area contributed by atoms with E-state index < -0.39 is 0 Å². The Morgan fingerprint density at radius 1 is 0.895 bits per heavy atom. The molecule has 0 saturated heterocycles. The molecule has 0 bridgehead atoms. The van der Waals surface area contributed by atoms with Crippen LogP contribution in [0.15, 0.2) is 11.6 Å². The number of hydrogen-bond donors (Lipinski definition) is 0. The van der Waals surface area contributed by atoms with Gasteiger partial charge < -0.3 is 0 Å². The number of allylic oxidation sites excluding steroid dienone is 2. The molecular weight excluding hydrogens is 460 g/mol. The Balaban J connectivity index is 1.31. The summed E-state index contributed by atoms with van der Waals surface area (Å²) in [6.07, 6.45) is 27.5. The number of ketones is 1. The van der Waals surface area contributed by atoms with E-state index in [1.165, 1.54) is 103 Å². The highest BCUT2D eigenvalue weighted by atomic mass is 16.1. The highest BCUT2D eigenvalue weighted by molar-refractivity contribution is 5.78. The molecule has 0 aromatic carbocycles. The van der Waals surface area contributed by atoms with E-state index in [0.29, 0.717) is 22.5 Å². The monoisotopic (exact) mass is 524 g/mol. The van der Waals surface area contributed by atoms with Gasteiger partial charge in [0, 0.05) is 12.8 Å². The van der Waals surface area contributed by atoms with Gasteiger partial charge >= 0.3 is 0 Å². The number of hydrogen-bond acceptors (Lipinski definition) is 1. The summed E-state index contributed by atoms with van der Waals surface area (Å²) in [5.74, 6) is 6.64. The molecule has 4 rings (SSSR count). The fraction of sp³-hybridized carbons (Fsp3) is 0.919. The summed E-state index contributed by atoms with van der Waals surface area (Å²) in [6, 6.07) is 0. The fourth-order valence-electron chi connectivity index (χ4n) is 10.5. The molecule has 1 nitrogen and oxygen atoms in total. The van der Waals surface area contributed by atoms with Crippen LogP contribution in [0.5, 0.6) is 0 Å². The van der Waals surface area contributed by atoms with Gasteiger partial charge in [-0.05, 0) is 110 Å². The van der Waals surface area contributed by atoms with Gasteiger partial charge in [-0.3, -0.25) is 4.79 Å². The molecular formula is C37H64O. The molecule has 4 aliphatic rings. The van der Waals surface area contributed by atoms with Gasteiger partial charge in [0.2, 0.25) is 0 Å². The SMILES string of the molecule is CCCCCCCCC(=O)C[C@H]1CC[C@@]2(C)C(=CC[C@H]3[C@@H]4CC[C@H]([C@H](C)CCCC(C)C)[C@@]4(C)CC[C@@H]32)C1. The summed E-state index contributed by atoms with van der Waals surface area (Å²) < 4.78 is 0. The molecule has 0 unspecified atom stereocenters. The summed E-state index contributed by atoms with van der Waals surface area (Å²) in [5.41, 5.74) is 2.77. The first-order valence-electron chi connectivity index (χ1n) is 17.4. The predicted molar refractivity (Wildman–Crippen MR) is 164 cm³/mol. The van der Waals surface area contributed by atoms with Crippen molar-refractivity contribution in [2.45, 2.75) is 164 Å². The maximum atomic E-state index is 12.8. The van der Waals surface area contributed by atoms with Gasteiger partial charge in [0.15, 0.2) is 0 Å². The van der Waals surface area contributed by atoms with Crippen molar-refractivity contribution >= 4 is 5.78 Å². The van der Waals surface area contributed by atoms with Crippen LogP contribution < -0.4 is 0 Å². The molecule has 0 aromatic rings. The Bertz CT molecular complexity index is 793. The third-order valence-electron chi connectivity index (χ3n) is 12.7. The summed E-state index contributed by atoms with van der Waals surface area (Å²) in [6.45, 7) is 15.0. The molecule has 8 atom stereocenters. The van der Waals surface area contributed by atoms with Crippen LogP contribution in [0.25, 0.3) is 0 Å². The van der Waals surface area contributed by atoms with Crippen molar-refractivity contribution < 1.29 is 4.79 Å². The van der Waals surface area contributed by atoms with Crippen molar-refractivity contribution in [3.8, 4) is 0 Å². The van der Waals surface area contributed by atoms with E-state index in [-0.39, 0.29) is 0 Å². The van der Waals surface area contributed by atoms with Crippen molar-refractivity contribution in [1.82, 2.24) is 0 Å². The van der Waals surface area contributed by atoms with Gasteiger partial charge in [-0.25, -0.2) is 0 Å². The Kier molecular flexibility index (Phi) is 10.7. The van der Waals surface area contributed by atoms with Gasteiger partial charge in [-0.15, -0.1) is 0 Å². The topological polar surface area (TPSA) is 17.1 Å². The fourth-order valence-corrected chi connectivity index (χ4v) is 10.5. The molecule has 4 aliphatic carbocycles. The normalized spacial score (nSPS) is 37.3. The number of Topliss-reactive ketones (excluding diaryl/α,β-unsaturated/α-hetero) is 1. The predicted octanol–water partition coefficient (Wildman–Crippen LogP) is 11.4. The van der Waals surface area contributed by atoms with E-state index in [2.05, 4.69) is 47.6 Å². The first-order valence-corrected chi connectivity index (χ1v) is 17.4. The number of rotatable bonds is 14. The number of carbonyl (C=O) groups is 1. The molecule has 0 radical (unpaired) electrons. The summed E-state index contributed by atoms with van der Waals surface area (Å²) in [5, 5.41) is 0. The van der Waals surface area contributed by atoms with E-state index in [9.17, 15) is 4.79 Å². The minimum atomic E-state index is 0.421. The first kappa shape index (κ1) is 30.4. The molecule has 0 aliphatic heterocycles. The van der Waals surface area contributed by atoms with Crippen LogP contribution in [-0.2, 0) is 4.79 Å². The lowest BCUT2D eigenvalue weighted by atomic mass is 9.46. The van der Waals surface area contributed by atoms with Gasteiger partial charge in [0.1, 0.15) is 5.78 Å². The number of unbranched alkanes of at least 4 members (excludes halogenated alkanes) is 5. The largest absolute Gasteiger partial charge is 0.300 e. The summed E-state index contributed by atoms with van der Waals surface area (Å²) >= 11 is 0. The average Bonchev–Trinajstić information content (AvgIpc) is 3.23. The van der Waals surface area contributed by atoms with Crippen molar-refractivity contribution in [3.63, 3.8) is 0 Å². The molecule has 218 valence electrons. The van der Waals surface area contributed by atoms with Crippen LogP contribution in [0.2, 0.25) is 0 Å². The smallest absolute Gasteiger partial charge is 0.133 e. The molecule has 0 amide bonds. The zero-order valence-electron chi connectivity index (χ0n) is 26.5. The summed E-state index contributed by atoms with van der Waals surface area (Å²) in [4.78, 5) is 12.8. The first-order chi connectivity index (χ1) is 18.2. The average molecular weight is 525 g/mol. The highest BCUT2D eigenvalue weighted by Gasteiger charge is 2.59. The second kappa shape index (κ2) is 13.4. The minimum Gasteiger partial charge on any atom is -0.300 e. The standard InChI is InChI=1S/C37H64O/c1-7-8-9-10-11-12-16-31(38)26-29-21-23-36(5)30(25-29)17-18-32-34-20-19-33(28(4)15-13-14-27(2)3)37(34,6)24-22-35(32)36/h17,27-29,32-35H,7-16,18-26H2,1-6H3/t28-,29+,32+,33-,34+,35+,36+,37-/m1/s1. The second-order valence-electron chi connectivity index (χ2n) is 15.7. The van der Waals surface area contributed by atoms with Crippen LogP contribution >= 0.6 is 0 Å². The van der Waals surface area contributed by atoms with Crippen molar-refractivity contribution in [2.24, 2.45) is 52.3 Å². The maximum Gasteiger partial charge on any atom is 0.133 e. The lowest BCUT2D eigenvalue weighted by Crippen LogP contribution is -2.50. The van der Waals surface area contributed by atoms with Crippen molar-refractivity contribution in [1.29, 1.82) is 0 Å². The van der Waals surface area contributed by atoms with Crippen LogP contribution in [0.3, 0.4) is 0 Å². The molecule has 0 spiro atoms. The Morgan fingerprint density at radius 3 is 2.42 bits per heavy atom. The van der Waals surface area contributed by atoms with E-state index in [1.54, 1.807) is 5.57 Å². The summed E-state index contributed by atoms with van der Waals surface area (Å²) in [7, 11) is 0. The zero-order valence-corrected chi connectivity index (χ0v) is 26.5. The van der Waals surface area contributed by atoms with Crippen LogP contribution in [0.4, 0.5) is 0 Å². The highest BCUT2D eigenvalue weighted by Crippen LogP contribution is 2.67. The Morgan fingerprint density at radius 2 is 1.66 bits per heavy atom. The Hall–Kier alpha value is -0.590. The third kappa shape index (κ3) is 6.65. The van der Waals surface area contributed by atoms with E-state index in [4.69, 9.17) is 0 Å². The van der Waals surface area contributed by atoms with Gasteiger partial charge in [-0.2, -0.15) is 0 Å². The quantitative estimate of drug-likeness (QED) is 0.163. The minimum absolute atomic E-state index is 0.421. The van der Waals surface area contributed by atoms with E-state index in [1.807, 2.05) is 0 Å². The lowest BCUT2D eigenvalue weighted by molar-refractivity contribution is -0.120. The Labute approximate surface area is 237 Å². The van der Waals surface area contributed by atoms with Gasteiger partial charge in [-0.1, -0.05) is 105 Å². The van der Waals surface area contributed by atoms with Crippen LogP contribution in [0, 0.1) is 52.3 Å². The zero-order chi connectivity index (χ0) is 27.3. The maximum absolute atomic E-state index is 12.8. The van der Waals surface area contributed by atoms with E-state index >= 15 is 0 Å². The third-order valence-corrected chi connectivity index (χ3v) is 12.7. The molecule has 3 fully saturated rings. The molecule has 3 saturated carbocycles. The number of fused-ring (bicyclic) bond motifs is 5. The second-order valence-corrected chi connectivity index (χ2v) is 15.7. The molecule has 38 heavy (non-hydrogen) atoms. The van der Waals surface area contributed by atoms with Crippen LogP contribution in [-0.4, -0.2) is 5.78 Å². The van der Waals surface area contributed by atoms with Gasteiger partial charge in [0.25, 0.3) is 0 Å². The van der Waals surface area contributed by atoms with Crippen molar-refractivity contribution in [3.05, 3.63) is 11.6 Å².